The summed E-state index contributed by atoms with van der Waals surface area (Å²) in [6.07, 6.45) is 3.14. The van der Waals surface area contributed by atoms with Crippen LogP contribution in [-0.4, -0.2) is 25.9 Å². The number of fused-ring (bicyclic) bond motifs is 1. The Morgan fingerprint density at radius 1 is 1.57 bits per heavy atom. The molecule has 1 unspecified atom stereocenters. The maximum Gasteiger partial charge on any atom is 0.325 e. The molecule has 2 heterocycles. The normalized spacial score (nSPS) is 12.9. The van der Waals surface area contributed by atoms with Crippen molar-refractivity contribution in [2.45, 2.75) is 6.04 Å². The summed E-state index contributed by atoms with van der Waals surface area (Å²) >= 11 is 0. The number of nitrogens with two attached hydrogens (primary N) is 1. The summed E-state index contributed by atoms with van der Waals surface area (Å²) < 4.78 is 1.48. The van der Waals surface area contributed by atoms with Crippen molar-refractivity contribution in [2.75, 3.05) is 0 Å². The lowest BCUT2D eigenvalue weighted by molar-refractivity contribution is -0.138. The summed E-state index contributed by atoms with van der Waals surface area (Å²) in [5.74, 6) is -1.07. The lowest BCUT2D eigenvalue weighted by atomic mass is 10.1. The van der Waals surface area contributed by atoms with Gasteiger partial charge in [0.1, 0.15) is 6.04 Å². The molecule has 14 heavy (non-hydrogen) atoms. The molecule has 0 aromatic carbocycles. The van der Waals surface area contributed by atoms with Gasteiger partial charge < -0.3 is 10.8 Å². The molecule has 0 bridgehead atoms. The number of carboxylic acid groups (broad SMARTS) is 1. The van der Waals surface area contributed by atoms with Crippen LogP contribution in [0.3, 0.4) is 0 Å². The van der Waals surface area contributed by atoms with E-state index in [1.54, 1.807) is 24.5 Å². The number of aliphatic carboxylic acids is 1. The summed E-state index contributed by atoms with van der Waals surface area (Å²) in [5.41, 5.74) is 6.73. The molecule has 72 valence electrons. The Bertz CT molecular complexity index is 479. The number of nitrogens with zero attached hydrogens (tertiary/aromatic N) is 3. The maximum absolute atomic E-state index is 10.6. The molecule has 0 aliphatic heterocycles. The van der Waals surface area contributed by atoms with Crippen molar-refractivity contribution in [3.63, 3.8) is 0 Å². The highest BCUT2D eigenvalue weighted by Gasteiger charge is 2.14. The molecule has 2 aromatic rings. The molecule has 0 aliphatic rings. The molecule has 0 spiro atoms. The zero-order valence-electron chi connectivity index (χ0n) is 7.16. The van der Waals surface area contributed by atoms with Crippen LogP contribution in [0.5, 0.6) is 0 Å². The molecule has 0 aliphatic carbocycles. The Hall–Kier alpha value is -1.95. The van der Waals surface area contributed by atoms with Gasteiger partial charge in [0.2, 0.25) is 0 Å². The van der Waals surface area contributed by atoms with Crippen molar-refractivity contribution in [1.82, 2.24) is 14.8 Å². The highest BCUT2D eigenvalue weighted by molar-refractivity contribution is 5.75. The van der Waals surface area contributed by atoms with Crippen LogP contribution in [0.1, 0.15) is 11.6 Å². The number of aromatic nitrogens is 3. The quantitative estimate of drug-likeness (QED) is 0.688. The number of pyridine rings is 1. The van der Waals surface area contributed by atoms with E-state index in [1.807, 2.05) is 0 Å². The minimum absolute atomic E-state index is 0.496. The summed E-state index contributed by atoms with van der Waals surface area (Å²) in [4.78, 5) is 10.6. The summed E-state index contributed by atoms with van der Waals surface area (Å²) in [5, 5.41) is 16.1. The molecule has 0 saturated heterocycles. The molecule has 0 radical (unpaired) electrons. The molecule has 2 aromatic heterocycles. The van der Waals surface area contributed by atoms with Crippen LogP contribution in [0, 0.1) is 0 Å². The molecule has 3 N–H and O–H groups in total. The van der Waals surface area contributed by atoms with Gasteiger partial charge in [-0.05, 0) is 11.6 Å². The molecule has 0 saturated carbocycles. The zero-order valence-corrected chi connectivity index (χ0v) is 7.16. The van der Waals surface area contributed by atoms with Crippen LogP contribution < -0.4 is 5.73 Å². The van der Waals surface area contributed by atoms with E-state index in [2.05, 4.69) is 10.3 Å². The Balaban J connectivity index is 2.48. The first-order valence-electron chi connectivity index (χ1n) is 3.97. The number of rotatable bonds is 2. The van der Waals surface area contributed by atoms with Crippen LogP contribution in [0.2, 0.25) is 0 Å². The van der Waals surface area contributed by atoms with Gasteiger partial charge in [-0.2, -0.15) is 0 Å². The van der Waals surface area contributed by atoms with E-state index in [0.29, 0.717) is 5.56 Å². The predicted molar refractivity (Wildman–Crippen MR) is 47.6 cm³/mol. The van der Waals surface area contributed by atoms with E-state index in [-0.39, 0.29) is 0 Å². The van der Waals surface area contributed by atoms with Crippen LogP contribution in [0.4, 0.5) is 0 Å². The lowest BCUT2D eigenvalue weighted by Gasteiger charge is -2.05. The number of carbonyl (C=O) groups is 1. The third-order valence-electron chi connectivity index (χ3n) is 1.95. The second kappa shape index (κ2) is 3.08. The average Bonchev–Trinajstić information content (AvgIpc) is 2.62. The molecule has 6 heteroatoms. The van der Waals surface area contributed by atoms with Gasteiger partial charge in [-0.25, -0.2) is 4.52 Å². The standard InChI is InChI=1S/C8H8N4O2/c9-7(8(13)14)5-1-2-6-3-10-11-12(6)4-5/h1-4,7H,9H2,(H,13,14). The fourth-order valence-corrected chi connectivity index (χ4v) is 1.16. The Morgan fingerprint density at radius 3 is 3.07 bits per heavy atom. The third-order valence-corrected chi connectivity index (χ3v) is 1.95. The Morgan fingerprint density at radius 2 is 2.36 bits per heavy atom. The van der Waals surface area contributed by atoms with E-state index in [4.69, 9.17) is 10.8 Å². The van der Waals surface area contributed by atoms with Crippen molar-refractivity contribution in [1.29, 1.82) is 0 Å². The first-order chi connectivity index (χ1) is 6.68. The Labute approximate surface area is 79.0 Å². The van der Waals surface area contributed by atoms with E-state index in [1.165, 1.54) is 4.52 Å². The smallest absolute Gasteiger partial charge is 0.325 e. The van der Waals surface area contributed by atoms with Gasteiger partial charge in [0, 0.05) is 6.20 Å². The van der Waals surface area contributed by atoms with E-state index < -0.39 is 12.0 Å². The van der Waals surface area contributed by atoms with Crippen LogP contribution in [0.25, 0.3) is 5.52 Å². The summed E-state index contributed by atoms with van der Waals surface area (Å²) in [6.45, 7) is 0. The molecular weight excluding hydrogens is 184 g/mol. The molecule has 1 atom stereocenters. The highest BCUT2D eigenvalue weighted by atomic mass is 16.4. The Kier molecular flexibility index (Phi) is 1.90. The zero-order chi connectivity index (χ0) is 10.1. The number of hydrogen-bond donors (Lipinski definition) is 2. The van der Waals surface area contributed by atoms with Gasteiger partial charge >= 0.3 is 5.97 Å². The average molecular weight is 192 g/mol. The highest BCUT2D eigenvalue weighted by Crippen LogP contribution is 2.11. The fraction of sp³-hybridized carbons (Fsp3) is 0.125. The number of carboxylic acids is 1. The summed E-state index contributed by atoms with van der Waals surface area (Å²) in [7, 11) is 0. The van der Waals surface area contributed by atoms with E-state index in [0.717, 1.165) is 5.52 Å². The second-order valence-corrected chi connectivity index (χ2v) is 2.88. The molecule has 6 nitrogen and oxygen atoms in total. The fourth-order valence-electron chi connectivity index (χ4n) is 1.16. The molecular formula is C8H8N4O2. The van der Waals surface area contributed by atoms with E-state index in [9.17, 15) is 4.79 Å². The van der Waals surface area contributed by atoms with Gasteiger partial charge in [0.15, 0.2) is 0 Å². The van der Waals surface area contributed by atoms with Crippen molar-refractivity contribution in [2.24, 2.45) is 5.73 Å². The van der Waals surface area contributed by atoms with Crippen molar-refractivity contribution in [3.05, 3.63) is 30.1 Å². The van der Waals surface area contributed by atoms with Gasteiger partial charge in [-0.1, -0.05) is 11.3 Å². The molecule has 0 amide bonds. The van der Waals surface area contributed by atoms with Crippen molar-refractivity contribution >= 4 is 11.5 Å². The minimum atomic E-state index is -1.07. The van der Waals surface area contributed by atoms with Gasteiger partial charge in [0.05, 0.1) is 11.7 Å². The topological polar surface area (TPSA) is 93.5 Å². The molecule has 2 rings (SSSR count). The summed E-state index contributed by atoms with van der Waals surface area (Å²) in [6, 6.07) is 2.35. The second-order valence-electron chi connectivity index (χ2n) is 2.88. The van der Waals surface area contributed by atoms with Gasteiger partial charge in [0.25, 0.3) is 0 Å². The van der Waals surface area contributed by atoms with Crippen LogP contribution >= 0.6 is 0 Å². The van der Waals surface area contributed by atoms with Gasteiger partial charge in [-0.15, -0.1) is 5.10 Å². The van der Waals surface area contributed by atoms with E-state index >= 15 is 0 Å². The maximum atomic E-state index is 10.6. The van der Waals surface area contributed by atoms with Crippen molar-refractivity contribution < 1.29 is 9.90 Å². The monoisotopic (exact) mass is 192 g/mol. The SMILES string of the molecule is NC(C(=O)O)c1ccc2cnnn2c1. The third kappa shape index (κ3) is 1.31. The lowest BCUT2D eigenvalue weighted by Crippen LogP contribution is -2.20. The van der Waals surface area contributed by atoms with Crippen LogP contribution in [-0.2, 0) is 4.79 Å². The van der Waals surface area contributed by atoms with Gasteiger partial charge in [-0.3, -0.25) is 4.79 Å². The largest absolute Gasteiger partial charge is 0.480 e. The predicted octanol–water partition coefficient (Wildman–Crippen LogP) is -0.186. The van der Waals surface area contributed by atoms with Crippen LogP contribution in [0.15, 0.2) is 24.5 Å². The van der Waals surface area contributed by atoms with Crippen molar-refractivity contribution in [3.8, 4) is 0 Å². The minimum Gasteiger partial charge on any atom is -0.480 e. The number of hydrogen-bond acceptors (Lipinski definition) is 4. The first kappa shape index (κ1) is 8.64. The molecule has 0 fully saturated rings. The first-order valence-corrected chi connectivity index (χ1v) is 3.97.